The number of amides is 1. The van der Waals surface area contributed by atoms with Crippen LogP contribution in [0.5, 0.6) is 0 Å². The third-order valence-electron chi connectivity index (χ3n) is 8.01. The smallest absolute Gasteiger partial charge is 0.261 e. The Hall–Kier alpha value is -2.73. The number of carbonyl (C=O) groups is 1. The Labute approximate surface area is 229 Å². The molecule has 2 fully saturated rings. The standard InChI is InChI=1S/C33H41NO3Si/c1-32(2,3)36-27-22-23-34-29(27)28(31(34)35)30(24-16-10-7-11-17-24)37-38(33(4,5)6,25-18-12-8-13-19-25)26-20-14-9-15-21-26/h7-21,27-30H,22-23H2,1-6H3/t27-,28-,29-,30-/m0/s1. The maximum atomic E-state index is 13.8. The first-order valence-electron chi connectivity index (χ1n) is 13.8. The molecular formula is C33H41NO3Si. The van der Waals surface area contributed by atoms with E-state index in [0.717, 1.165) is 18.5 Å². The van der Waals surface area contributed by atoms with Crippen LogP contribution in [0.3, 0.4) is 0 Å². The van der Waals surface area contributed by atoms with Gasteiger partial charge in [-0.2, -0.15) is 0 Å². The Balaban J connectivity index is 1.66. The highest BCUT2D eigenvalue weighted by Gasteiger charge is 2.61. The van der Waals surface area contributed by atoms with E-state index in [1.165, 1.54) is 10.4 Å². The van der Waals surface area contributed by atoms with E-state index < -0.39 is 8.32 Å². The van der Waals surface area contributed by atoms with Gasteiger partial charge in [0, 0.05) is 6.54 Å². The molecule has 0 unspecified atom stereocenters. The monoisotopic (exact) mass is 527 g/mol. The van der Waals surface area contributed by atoms with Gasteiger partial charge in [0.2, 0.25) is 5.91 Å². The molecule has 5 rings (SSSR count). The number of ether oxygens (including phenoxy) is 1. The number of β-lactam (4-membered cyclic amide) rings is 1. The van der Waals surface area contributed by atoms with Gasteiger partial charge < -0.3 is 14.1 Å². The zero-order chi connectivity index (χ0) is 27.1. The maximum absolute atomic E-state index is 13.8. The van der Waals surface area contributed by atoms with Gasteiger partial charge in [0.25, 0.3) is 8.32 Å². The van der Waals surface area contributed by atoms with Gasteiger partial charge in [-0.15, -0.1) is 0 Å². The lowest BCUT2D eigenvalue weighted by Crippen LogP contribution is -2.70. The molecule has 2 aliphatic heterocycles. The fourth-order valence-electron chi connectivity index (χ4n) is 6.49. The van der Waals surface area contributed by atoms with Crippen LogP contribution in [-0.4, -0.2) is 43.4 Å². The van der Waals surface area contributed by atoms with E-state index in [0.29, 0.717) is 0 Å². The molecule has 2 heterocycles. The SMILES string of the molecule is CC(C)(C)O[C@H]1CCN2C(=O)[C@H]([C@@H](O[Si](c3ccccc3)(c3ccccc3)C(C)(C)C)c3ccccc3)[C@H]12. The van der Waals surface area contributed by atoms with Crippen molar-refractivity contribution in [2.45, 2.75) is 76.9 Å². The molecule has 0 spiro atoms. The first-order chi connectivity index (χ1) is 18.0. The average molecular weight is 528 g/mol. The minimum Gasteiger partial charge on any atom is -0.400 e. The van der Waals surface area contributed by atoms with Crippen molar-refractivity contribution in [2.24, 2.45) is 5.92 Å². The van der Waals surface area contributed by atoms with Crippen LogP contribution in [0.2, 0.25) is 5.04 Å². The fraction of sp³-hybridized carbons (Fsp3) is 0.424. The molecule has 0 radical (unpaired) electrons. The molecular weight excluding hydrogens is 486 g/mol. The third kappa shape index (κ3) is 4.76. The minimum absolute atomic E-state index is 0.00617. The molecule has 2 aliphatic rings. The summed E-state index contributed by atoms with van der Waals surface area (Å²) in [6.07, 6.45) is 0.498. The van der Waals surface area contributed by atoms with E-state index in [4.69, 9.17) is 9.16 Å². The van der Waals surface area contributed by atoms with Crippen LogP contribution in [0, 0.1) is 5.92 Å². The summed E-state index contributed by atoms with van der Waals surface area (Å²) in [6.45, 7) is 13.9. The second-order valence-electron chi connectivity index (χ2n) is 12.7. The molecule has 2 saturated heterocycles. The normalized spacial score (nSPS) is 22.6. The van der Waals surface area contributed by atoms with Gasteiger partial charge in [-0.05, 0) is 48.2 Å². The number of hydrogen-bond acceptors (Lipinski definition) is 3. The zero-order valence-corrected chi connectivity index (χ0v) is 24.6. The molecule has 0 aliphatic carbocycles. The molecule has 0 bridgehead atoms. The fourth-order valence-corrected chi connectivity index (χ4v) is 11.2. The molecule has 0 saturated carbocycles. The highest BCUT2D eigenvalue weighted by atomic mass is 28.4. The van der Waals surface area contributed by atoms with Crippen LogP contribution in [0.25, 0.3) is 0 Å². The second kappa shape index (κ2) is 10.1. The Morgan fingerprint density at radius 1 is 0.789 bits per heavy atom. The molecule has 5 heteroatoms. The van der Waals surface area contributed by atoms with E-state index in [9.17, 15) is 4.79 Å². The van der Waals surface area contributed by atoms with Gasteiger partial charge in [0.1, 0.15) is 0 Å². The van der Waals surface area contributed by atoms with Crippen molar-refractivity contribution in [2.75, 3.05) is 6.54 Å². The van der Waals surface area contributed by atoms with Crippen LogP contribution in [0.1, 0.15) is 59.6 Å². The second-order valence-corrected chi connectivity index (χ2v) is 17.0. The quantitative estimate of drug-likeness (QED) is 0.291. The van der Waals surface area contributed by atoms with Crippen molar-refractivity contribution in [3.63, 3.8) is 0 Å². The maximum Gasteiger partial charge on any atom is 0.261 e. The predicted molar refractivity (Wildman–Crippen MR) is 156 cm³/mol. The lowest BCUT2D eigenvalue weighted by atomic mass is 9.79. The molecule has 38 heavy (non-hydrogen) atoms. The Morgan fingerprint density at radius 3 is 1.76 bits per heavy atom. The summed E-state index contributed by atoms with van der Waals surface area (Å²) in [5, 5.41) is 2.25. The van der Waals surface area contributed by atoms with Crippen molar-refractivity contribution in [1.29, 1.82) is 0 Å². The summed E-state index contributed by atoms with van der Waals surface area (Å²) in [6, 6.07) is 31.8. The van der Waals surface area contributed by atoms with Gasteiger partial charge in [0.15, 0.2) is 0 Å². The highest BCUT2D eigenvalue weighted by Crippen LogP contribution is 2.49. The number of rotatable bonds is 7. The van der Waals surface area contributed by atoms with Gasteiger partial charge >= 0.3 is 0 Å². The third-order valence-corrected chi connectivity index (χ3v) is 13.0. The average Bonchev–Trinajstić information content (AvgIpc) is 3.24. The first kappa shape index (κ1) is 26.9. The van der Waals surface area contributed by atoms with E-state index in [1.807, 2.05) is 11.0 Å². The van der Waals surface area contributed by atoms with Crippen molar-refractivity contribution in [1.82, 2.24) is 4.90 Å². The minimum atomic E-state index is -2.89. The van der Waals surface area contributed by atoms with Crippen molar-refractivity contribution in [3.8, 4) is 0 Å². The molecule has 1 amide bonds. The molecule has 3 aromatic rings. The topological polar surface area (TPSA) is 38.8 Å². The Bertz CT molecular complexity index is 1190. The molecule has 0 aromatic heterocycles. The summed E-state index contributed by atoms with van der Waals surface area (Å²) >= 11 is 0. The molecule has 3 aromatic carbocycles. The Morgan fingerprint density at radius 2 is 1.29 bits per heavy atom. The summed E-state index contributed by atoms with van der Waals surface area (Å²) in [7, 11) is -2.89. The van der Waals surface area contributed by atoms with E-state index in [-0.39, 0.29) is 40.7 Å². The van der Waals surface area contributed by atoms with E-state index in [2.05, 4.69) is 126 Å². The van der Waals surface area contributed by atoms with Crippen LogP contribution in [0.15, 0.2) is 91.0 Å². The van der Waals surface area contributed by atoms with Gasteiger partial charge in [-0.25, -0.2) is 0 Å². The van der Waals surface area contributed by atoms with Crippen LogP contribution >= 0.6 is 0 Å². The summed E-state index contributed by atoms with van der Waals surface area (Å²) in [5.41, 5.74) is 0.783. The predicted octanol–water partition coefficient (Wildman–Crippen LogP) is 5.72. The summed E-state index contributed by atoms with van der Waals surface area (Å²) in [4.78, 5) is 15.8. The summed E-state index contributed by atoms with van der Waals surface area (Å²) < 4.78 is 14.2. The van der Waals surface area contributed by atoms with Gasteiger partial charge in [-0.3, -0.25) is 4.79 Å². The molecule has 4 nitrogen and oxygen atoms in total. The largest absolute Gasteiger partial charge is 0.400 e. The number of benzene rings is 3. The Kier molecular flexibility index (Phi) is 7.14. The lowest BCUT2D eigenvalue weighted by molar-refractivity contribution is -0.172. The molecule has 0 N–H and O–H groups in total. The molecule has 4 atom stereocenters. The lowest BCUT2D eigenvalue weighted by Gasteiger charge is -2.52. The van der Waals surface area contributed by atoms with Gasteiger partial charge in [-0.1, -0.05) is 112 Å². The number of fused-ring (bicyclic) bond motifs is 1. The first-order valence-corrected chi connectivity index (χ1v) is 15.8. The number of hydrogen-bond donors (Lipinski definition) is 0. The van der Waals surface area contributed by atoms with Crippen molar-refractivity contribution >= 4 is 24.6 Å². The highest BCUT2D eigenvalue weighted by molar-refractivity contribution is 6.99. The van der Waals surface area contributed by atoms with Gasteiger partial charge in [0.05, 0.1) is 29.8 Å². The van der Waals surface area contributed by atoms with Crippen LogP contribution in [-0.2, 0) is 14.0 Å². The van der Waals surface area contributed by atoms with E-state index in [1.54, 1.807) is 0 Å². The van der Waals surface area contributed by atoms with Crippen molar-refractivity contribution in [3.05, 3.63) is 96.6 Å². The molecule has 200 valence electrons. The summed E-state index contributed by atoms with van der Waals surface area (Å²) in [5.74, 6) is -0.101. The van der Waals surface area contributed by atoms with Crippen LogP contribution in [0.4, 0.5) is 0 Å². The van der Waals surface area contributed by atoms with Crippen molar-refractivity contribution < 1.29 is 14.0 Å². The van der Waals surface area contributed by atoms with E-state index >= 15 is 0 Å². The number of nitrogens with zero attached hydrogens (tertiary/aromatic N) is 1. The number of carbonyl (C=O) groups excluding carboxylic acids is 1. The zero-order valence-electron chi connectivity index (χ0n) is 23.6. The van der Waals surface area contributed by atoms with Crippen LogP contribution < -0.4 is 10.4 Å².